The lowest BCUT2D eigenvalue weighted by molar-refractivity contribution is -0.116. The summed E-state index contributed by atoms with van der Waals surface area (Å²) in [5.41, 5.74) is 0.579. The fraction of sp³-hybridized carbons (Fsp3) is 0.167. The topological polar surface area (TPSA) is 54.5 Å². The maximum atomic E-state index is 13.3. The number of rotatable bonds is 5. The van der Waals surface area contributed by atoms with Gasteiger partial charge in [-0.25, -0.2) is 17.2 Å². The minimum absolute atomic E-state index is 0.0373. The van der Waals surface area contributed by atoms with E-state index in [0.717, 1.165) is 29.3 Å². The Labute approximate surface area is 154 Å². The summed E-state index contributed by atoms with van der Waals surface area (Å²) in [4.78, 5) is 14.6. The number of para-hydroxylation sites is 1. The molecule has 1 heterocycles. The van der Waals surface area contributed by atoms with Gasteiger partial charge in [-0.3, -0.25) is 4.79 Å². The van der Waals surface area contributed by atoms with E-state index in [1.807, 2.05) is 0 Å². The Morgan fingerprint density at radius 1 is 1.12 bits per heavy atom. The SMILES string of the molecule is O=C(CSc1ccc(F)c(F)c1)N(c1ccccc1)[C@H]1C=CS(=O)(=O)C1. The molecule has 0 saturated heterocycles. The van der Waals surface area contributed by atoms with Crippen LogP contribution in [-0.2, 0) is 14.6 Å². The fourth-order valence-corrected chi connectivity index (χ4v) is 4.66. The molecule has 1 aliphatic heterocycles. The van der Waals surface area contributed by atoms with Crippen LogP contribution >= 0.6 is 11.8 Å². The Kier molecular flexibility index (Phi) is 5.43. The zero-order valence-electron chi connectivity index (χ0n) is 13.5. The Hall–Kier alpha value is -2.19. The lowest BCUT2D eigenvalue weighted by atomic mass is 10.2. The van der Waals surface area contributed by atoms with Crippen LogP contribution in [0.2, 0.25) is 0 Å². The van der Waals surface area contributed by atoms with Crippen LogP contribution in [0.5, 0.6) is 0 Å². The zero-order valence-corrected chi connectivity index (χ0v) is 15.1. The van der Waals surface area contributed by atoms with Crippen LogP contribution in [0.25, 0.3) is 0 Å². The zero-order chi connectivity index (χ0) is 18.7. The lowest BCUT2D eigenvalue weighted by Gasteiger charge is -2.27. The molecule has 0 bridgehead atoms. The van der Waals surface area contributed by atoms with Gasteiger partial charge in [-0.1, -0.05) is 18.2 Å². The molecule has 0 saturated carbocycles. The third kappa shape index (κ3) is 4.31. The molecule has 2 aromatic rings. The van der Waals surface area contributed by atoms with Gasteiger partial charge < -0.3 is 4.90 Å². The number of thioether (sulfide) groups is 1. The van der Waals surface area contributed by atoms with Gasteiger partial charge in [0.05, 0.1) is 17.5 Å². The Bertz CT molecular complexity index is 946. The average molecular weight is 395 g/mol. The molecular formula is C18H15F2NO3S2. The molecule has 0 unspecified atom stereocenters. The van der Waals surface area contributed by atoms with E-state index in [-0.39, 0.29) is 17.4 Å². The summed E-state index contributed by atoms with van der Waals surface area (Å²) in [6.45, 7) is 0. The van der Waals surface area contributed by atoms with Crippen molar-refractivity contribution >= 4 is 33.2 Å². The van der Waals surface area contributed by atoms with Crippen LogP contribution in [0.1, 0.15) is 0 Å². The van der Waals surface area contributed by atoms with Crippen molar-refractivity contribution in [3.05, 3.63) is 71.6 Å². The first-order valence-corrected chi connectivity index (χ1v) is 10.4. The van der Waals surface area contributed by atoms with Gasteiger partial charge in [-0.15, -0.1) is 11.8 Å². The summed E-state index contributed by atoms with van der Waals surface area (Å²) < 4.78 is 49.8. The smallest absolute Gasteiger partial charge is 0.237 e. The van der Waals surface area contributed by atoms with E-state index in [1.165, 1.54) is 17.0 Å². The van der Waals surface area contributed by atoms with Crippen molar-refractivity contribution in [2.24, 2.45) is 0 Å². The number of hydrogen-bond donors (Lipinski definition) is 0. The molecule has 4 nitrogen and oxygen atoms in total. The van der Waals surface area contributed by atoms with Crippen LogP contribution in [0.3, 0.4) is 0 Å². The monoisotopic (exact) mass is 395 g/mol. The number of halogens is 2. The molecule has 0 aromatic heterocycles. The number of anilines is 1. The number of hydrogen-bond acceptors (Lipinski definition) is 4. The highest BCUT2D eigenvalue weighted by atomic mass is 32.2. The molecule has 1 amide bonds. The second kappa shape index (κ2) is 7.59. The summed E-state index contributed by atoms with van der Waals surface area (Å²) in [6, 6.07) is 11.6. The van der Waals surface area contributed by atoms with Crippen molar-refractivity contribution < 1.29 is 22.0 Å². The molecule has 26 heavy (non-hydrogen) atoms. The molecule has 0 aliphatic carbocycles. The van der Waals surface area contributed by atoms with Gasteiger partial charge >= 0.3 is 0 Å². The van der Waals surface area contributed by atoms with E-state index in [2.05, 4.69) is 0 Å². The van der Waals surface area contributed by atoms with Gasteiger partial charge in [0.25, 0.3) is 0 Å². The molecule has 2 aromatic carbocycles. The van der Waals surface area contributed by atoms with Crippen molar-refractivity contribution in [1.29, 1.82) is 0 Å². The molecule has 0 fully saturated rings. The molecule has 0 radical (unpaired) electrons. The summed E-state index contributed by atoms with van der Waals surface area (Å²) >= 11 is 1.06. The third-order valence-electron chi connectivity index (χ3n) is 3.80. The second-order valence-electron chi connectivity index (χ2n) is 5.69. The minimum Gasteiger partial charge on any atom is -0.304 e. The number of nitrogens with zero attached hydrogens (tertiary/aromatic N) is 1. The summed E-state index contributed by atoms with van der Waals surface area (Å²) in [7, 11) is -3.33. The highest BCUT2D eigenvalue weighted by molar-refractivity contribution is 8.00. The quantitative estimate of drug-likeness (QED) is 0.728. The van der Waals surface area contributed by atoms with Crippen LogP contribution in [-0.4, -0.2) is 31.9 Å². The molecule has 1 atom stereocenters. The molecule has 0 spiro atoms. The summed E-state index contributed by atoms with van der Waals surface area (Å²) in [6.07, 6.45) is 1.49. The first-order valence-electron chi connectivity index (χ1n) is 7.72. The Balaban J connectivity index is 1.79. The van der Waals surface area contributed by atoms with Crippen molar-refractivity contribution in [2.75, 3.05) is 16.4 Å². The largest absolute Gasteiger partial charge is 0.304 e. The van der Waals surface area contributed by atoms with Crippen molar-refractivity contribution in [3.63, 3.8) is 0 Å². The van der Waals surface area contributed by atoms with Crippen molar-refractivity contribution in [1.82, 2.24) is 0 Å². The number of benzene rings is 2. The van der Waals surface area contributed by atoms with Gasteiger partial charge in [-0.05, 0) is 36.4 Å². The second-order valence-corrected chi connectivity index (χ2v) is 8.67. The minimum atomic E-state index is -3.33. The van der Waals surface area contributed by atoms with Crippen LogP contribution in [0, 0.1) is 11.6 Å². The van der Waals surface area contributed by atoms with Gasteiger partial charge in [0, 0.05) is 16.0 Å². The molecule has 0 N–H and O–H groups in total. The molecule has 1 aliphatic rings. The van der Waals surface area contributed by atoms with Gasteiger partial charge in [0.1, 0.15) is 0 Å². The van der Waals surface area contributed by atoms with Crippen LogP contribution in [0.15, 0.2) is 64.9 Å². The first-order chi connectivity index (χ1) is 12.4. The molecule has 3 rings (SSSR count). The van der Waals surface area contributed by atoms with E-state index in [4.69, 9.17) is 0 Å². The Morgan fingerprint density at radius 2 is 1.85 bits per heavy atom. The summed E-state index contributed by atoms with van der Waals surface area (Å²) in [5.74, 6) is -2.47. The van der Waals surface area contributed by atoms with E-state index >= 15 is 0 Å². The average Bonchev–Trinajstić information content (AvgIpc) is 2.96. The van der Waals surface area contributed by atoms with Gasteiger partial charge in [0.15, 0.2) is 21.5 Å². The fourth-order valence-electron chi connectivity index (χ4n) is 2.61. The normalized spacial score (nSPS) is 18.0. The third-order valence-corrected chi connectivity index (χ3v) is 6.16. The highest BCUT2D eigenvalue weighted by Crippen LogP contribution is 2.26. The number of amides is 1. The maximum absolute atomic E-state index is 13.3. The number of carbonyl (C=O) groups excluding carboxylic acids is 1. The maximum Gasteiger partial charge on any atom is 0.237 e. The van der Waals surface area contributed by atoms with E-state index < -0.39 is 27.5 Å². The van der Waals surface area contributed by atoms with Crippen LogP contribution in [0.4, 0.5) is 14.5 Å². The van der Waals surface area contributed by atoms with Gasteiger partial charge in [0.2, 0.25) is 5.91 Å². The Morgan fingerprint density at radius 3 is 2.46 bits per heavy atom. The molecule has 8 heteroatoms. The standard InChI is InChI=1S/C18H15F2NO3S2/c19-16-7-6-15(10-17(16)20)25-11-18(22)21(13-4-2-1-3-5-13)14-8-9-26(23,24)12-14/h1-10,14H,11-12H2/t14-/m0/s1. The molecule has 136 valence electrons. The van der Waals surface area contributed by atoms with Crippen LogP contribution < -0.4 is 4.90 Å². The van der Waals surface area contributed by atoms with Crippen molar-refractivity contribution in [2.45, 2.75) is 10.9 Å². The first kappa shape index (κ1) is 18.6. The van der Waals surface area contributed by atoms with Gasteiger partial charge in [-0.2, -0.15) is 0 Å². The van der Waals surface area contributed by atoms with E-state index in [1.54, 1.807) is 30.3 Å². The number of carbonyl (C=O) groups is 1. The predicted molar refractivity (Wildman–Crippen MR) is 97.7 cm³/mol. The summed E-state index contributed by atoms with van der Waals surface area (Å²) in [5, 5.41) is 1.11. The lowest BCUT2D eigenvalue weighted by Crippen LogP contribution is -2.42. The molecular weight excluding hydrogens is 380 g/mol. The predicted octanol–water partition coefficient (Wildman–Crippen LogP) is 3.40. The van der Waals surface area contributed by atoms with Crippen molar-refractivity contribution in [3.8, 4) is 0 Å². The highest BCUT2D eigenvalue weighted by Gasteiger charge is 2.31. The number of sulfone groups is 1. The van der Waals surface area contributed by atoms with E-state index in [0.29, 0.717) is 10.6 Å². The van der Waals surface area contributed by atoms with E-state index in [9.17, 15) is 22.0 Å².